The first-order valence-electron chi connectivity index (χ1n) is 5.66. The second-order valence-corrected chi connectivity index (χ2v) is 6.14. The van der Waals surface area contributed by atoms with E-state index in [1.807, 2.05) is 0 Å². The van der Waals surface area contributed by atoms with Crippen molar-refractivity contribution in [3.63, 3.8) is 0 Å². The lowest BCUT2D eigenvalue weighted by Crippen LogP contribution is -2.14. The highest BCUT2D eigenvalue weighted by Gasteiger charge is 2.16. The molecule has 8 heteroatoms. The van der Waals surface area contributed by atoms with E-state index in [0.717, 1.165) is 18.2 Å². The molecule has 2 aromatic rings. The monoisotopic (exact) mass is 333 g/mol. The van der Waals surface area contributed by atoms with E-state index in [4.69, 9.17) is 21.5 Å². The fraction of sp³-hybridized carbons (Fsp3) is 0.0769. The molecule has 2 N–H and O–H groups in total. The zero-order chi connectivity index (χ0) is 15.6. The molecule has 0 aromatic heterocycles. The minimum absolute atomic E-state index is 0.0216. The molecule has 0 aliphatic rings. The van der Waals surface area contributed by atoms with Crippen molar-refractivity contribution >= 4 is 21.6 Å². The Balaban J connectivity index is 2.26. The molecule has 21 heavy (non-hydrogen) atoms. The number of benzene rings is 2. The summed E-state index contributed by atoms with van der Waals surface area (Å²) in [6.07, 6.45) is 0. The molecule has 0 unspecified atom stereocenters. The van der Waals surface area contributed by atoms with Crippen molar-refractivity contribution in [2.75, 3.05) is 0 Å². The van der Waals surface area contributed by atoms with Crippen molar-refractivity contribution in [3.8, 4) is 5.75 Å². The third-order valence-electron chi connectivity index (χ3n) is 2.59. The lowest BCUT2D eigenvalue weighted by atomic mass is 10.2. The van der Waals surface area contributed by atoms with Gasteiger partial charge in [0.1, 0.15) is 17.3 Å². The Hall–Kier alpha value is -1.70. The smallest absolute Gasteiger partial charge is 0.241 e. The van der Waals surface area contributed by atoms with Gasteiger partial charge in [-0.1, -0.05) is 17.7 Å². The maximum Gasteiger partial charge on any atom is 0.241 e. The van der Waals surface area contributed by atoms with Crippen molar-refractivity contribution in [1.29, 1.82) is 0 Å². The van der Waals surface area contributed by atoms with Crippen molar-refractivity contribution in [2.24, 2.45) is 5.14 Å². The van der Waals surface area contributed by atoms with Crippen LogP contribution in [0.4, 0.5) is 8.78 Å². The van der Waals surface area contributed by atoms with E-state index in [2.05, 4.69) is 0 Å². The number of halogens is 3. The van der Waals surface area contributed by atoms with Gasteiger partial charge >= 0.3 is 0 Å². The summed E-state index contributed by atoms with van der Waals surface area (Å²) >= 11 is 5.71. The van der Waals surface area contributed by atoms with E-state index in [0.29, 0.717) is 5.56 Å². The summed E-state index contributed by atoms with van der Waals surface area (Å²) < 4.78 is 54.0. The SMILES string of the molecule is NS(=O)(=O)c1cc(Cl)ccc1OCc1ccc(F)c(F)c1. The maximum atomic E-state index is 13.1. The van der Waals surface area contributed by atoms with Crippen LogP contribution in [0.15, 0.2) is 41.3 Å². The van der Waals surface area contributed by atoms with E-state index in [-0.39, 0.29) is 22.3 Å². The average molecular weight is 334 g/mol. The van der Waals surface area contributed by atoms with Crippen LogP contribution in [0.5, 0.6) is 5.75 Å². The average Bonchev–Trinajstić information content (AvgIpc) is 2.40. The maximum absolute atomic E-state index is 13.1. The zero-order valence-corrected chi connectivity index (χ0v) is 12.1. The summed E-state index contributed by atoms with van der Waals surface area (Å²) in [6, 6.07) is 7.15. The topological polar surface area (TPSA) is 69.4 Å². The Kier molecular flexibility index (Phi) is 4.46. The number of sulfonamides is 1. The Morgan fingerprint density at radius 3 is 2.43 bits per heavy atom. The van der Waals surface area contributed by atoms with E-state index in [1.54, 1.807) is 0 Å². The summed E-state index contributed by atoms with van der Waals surface area (Å²) in [5, 5.41) is 5.24. The Morgan fingerprint density at radius 2 is 1.81 bits per heavy atom. The van der Waals surface area contributed by atoms with E-state index in [1.165, 1.54) is 18.2 Å². The van der Waals surface area contributed by atoms with Crippen LogP contribution >= 0.6 is 11.6 Å². The molecule has 4 nitrogen and oxygen atoms in total. The molecule has 0 saturated carbocycles. The van der Waals surface area contributed by atoms with Gasteiger partial charge in [-0.15, -0.1) is 0 Å². The fourth-order valence-corrected chi connectivity index (χ4v) is 2.55. The van der Waals surface area contributed by atoms with Gasteiger partial charge in [-0.25, -0.2) is 22.3 Å². The van der Waals surface area contributed by atoms with Crippen molar-refractivity contribution < 1.29 is 21.9 Å². The molecule has 0 radical (unpaired) electrons. The van der Waals surface area contributed by atoms with Crippen molar-refractivity contribution in [3.05, 3.63) is 58.6 Å². The zero-order valence-electron chi connectivity index (χ0n) is 10.5. The van der Waals surface area contributed by atoms with Gasteiger partial charge in [-0.05, 0) is 35.9 Å². The first-order valence-corrected chi connectivity index (χ1v) is 7.59. The molecule has 0 atom stereocenters. The second-order valence-electron chi connectivity index (χ2n) is 4.17. The summed E-state index contributed by atoms with van der Waals surface area (Å²) in [7, 11) is -4.02. The van der Waals surface area contributed by atoms with Crippen LogP contribution in [-0.2, 0) is 16.6 Å². The standard InChI is InChI=1S/C13H10ClF2NO3S/c14-9-2-4-12(13(6-9)21(17,18)19)20-7-8-1-3-10(15)11(16)5-8/h1-6H,7H2,(H2,17,18,19). The predicted molar refractivity (Wildman–Crippen MR) is 73.5 cm³/mol. The van der Waals surface area contributed by atoms with Crippen molar-refractivity contribution in [2.45, 2.75) is 11.5 Å². The molecule has 2 rings (SSSR count). The molecule has 0 amide bonds. The number of primary sulfonamides is 1. The number of nitrogens with two attached hydrogens (primary N) is 1. The van der Waals surface area contributed by atoms with Gasteiger partial charge < -0.3 is 4.74 Å². The Labute approximate surface area is 125 Å². The van der Waals surface area contributed by atoms with Crippen LogP contribution in [-0.4, -0.2) is 8.42 Å². The molecule has 0 aliphatic carbocycles. The molecule has 0 spiro atoms. The lowest BCUT2D eigenvalue weighted by Gasteiger charge is -2.10. The van der Waals surface area contributed by atoms with Gasteiger partial charge in [0, 0.05) is 5.02 Å². The van der Waals surface area contributed by atoms with Crippen LogP contribution in [0.2, 0.25) is 5.02 Å². The van der Waals surface area contributed by atoms with E-state index < -0.39 is 21.7 Å². The molecule has 0 aliphatic heterocycles. The van der Waals surface area contributed by atoms with E-state index in [9.17, 15) is 17.2 Å². The third-order valence-corrected chi connectivity index (χ3v) is 3.76. The van der Waals surface area contributed by atoms with Gasteiger partial charge in [0.15, 0.2) is 11.6 Å². The Morgan fingerprint density at radius 1 is 1.10 bits per heavy atom. The first kappa shape index (κ1) is 15.7. The van der Waals surface area contributed by atoms with Crippen LogP contribution in [0.1, 0.15) is 5.56 Å². The highest BCUT2D eigenvalue weighted by Crippen LogP contribution is 2.27. The van der Waals surface area contributed by atoms with Crippen LogP contribution in [0, 0.1) is 11.6 Å². The second kappa shape index (κ2) is 5.97. The lowest BCUT2D eigenvalue weighted by molar-refractivity contribution is 0.297. The first-order chi connectivity index (χ1) is 9.77. The molecular formula is C13H10ClF2NO3S. The molecule has 0 bridgehead atoms. The molecular weight excluding hydrogens is 324 g/mol. The van der Waals surface area contributed by atoms with Gasteiger partial charge in [0.2, 0.25) is 10.0 Å². The summed E-state index contributed by atoms with van der Waals surface area (Å²) in [6.45, 7) is -0.151. The van der Waals surface area contributed by atoms with Gasteiger partial charge in [0.05, 0.1) is 0 Å². The number of rotatable bonds is 4. The Bertz CT molecular complexity index is 781. The normalized spacial score (nSPS) is 11.4. The van der Waals surface area contributed by atoms with Gasteiger partial charge in [-0.3, -0.25) is 0 Å². The van der Waals surface area contributed by atoms with E-state index >= 15 is 0 Å². The number of ether oxygens (including phenoxy) is 1. The quantitative estimate of drug-likeness (QED) is 0.935. The third kappa shape index (κ3) is 3.90. The van der Waals surface area contributed by atoms with Gasteiger partial charge in [-0.2, -0.15) is 0 Å². The molecule has 0 fully saturated rings. The predicted octanol–water partition coefficient (Wildman–Crippen LogP) is 2.84. The van der Waals surface area contributed by atoms with Crippen molar-refractivity contribution in [1.82, 2.24) is 0 Å². The van der Waals surface area contributed by atoms with Gasteiger partial charge in [0.25, 0.3) is 0 Å². The highest BCUT2D eigenvalue weighted by atomic mass is 35.5. The summed E-state index contributed by atoms with van der Waals surface area (Å²) in [5.74, 6) is -2.01. The molecule has 112 valence electrons. The van der Waals surface area contributed by atoms with Crippen LogP contribution in [0.25, 0.3) is 0 Å². The largest absolute Gasteiger partial charge is 0.487 e. The molecule has 0 heterocycles. The summed E-state index contributed by atoms with van der Waals surface area (Å²) in [5.41, 5.74) is 0.337. The summed E-state index contributed by atoms with van der Waals surface area (Å²) in [4.78, 5) is -0.280. The number of hydrogen-bond acceptors (Lipinski definition) is 3. The minimum Gasteiger partial charge on any atom is -0.487 e. The number of hydrogen-bond donors (Lipinski definition) is 1. The van der Waals surface area contributed by atoms with Crippen LogP contribution < -0.4 is 9.88 Å². The minimum atomic E-state index is -4.02. The molecule has 2 aromatic carbocycles. The highest BCUT2D eigenvalue weighted by molar-refractivity contribution is 7.89. The fourth-order valence-electron chi connectivity index (χ4n) is 1.61. The van der Waals surface area contributed by atoms with Crippen LogP contribution in [0.3, 0.4) is 0 Å². The molecule has 0 saturated heterocycles.